The van der Waals surface area contributed by atoms with Crippen molar-refractivity contribution in [2.45, 2.75) is 18.4 Å². The van der Waals surface area contributed by atoms with Crippen molar-refractivity contribution in [1.82, 2.24) is 0 Å². The second-order valence-corrected chi connectivity index (χ2v) is 4.60. The first-order valence-electron chi connectivity index (χ1n) is 4.78. The molecule has 1 unspecified atom stereocenters. The summed E-state index contributed by atoms with van der Waals surface area (Å²) in [6, 6.07) is 0.823. The molecule has 0 heterocycles. The zero-order valence-corrected chi connectivity index (χ0v) is 10.5. The Balaban J connectivity index is 3.28. The summed E-state index contributed by atoms with van der Waals surface area (Å²) in [6.45, 7) is 0. The molecule has 0 amide bonds. The Kier molecular flexibility index (Phi) is 4.64. The van der Waals surface area contributed by atoms with Crippen molar-refractivity contribution in [1.29, 1.82) is 0 Å². The van der Waals surface area contributed by atoms with E-state index in [9.17, 15) is 26.3 Å². The van der Waals surface area contributed by atoms with E-state index in [-0.39, 0.29) is 10.0 Å². The molecule has 0 radical (unpaired) electrons. The summed E-state index contributed by atoms with van der Waals surface area (Å²) < 4.78 is 75.0. The lowest BCUT2D eigenvalue weighted by Crippen LogP contribution is -2.44. The lowest BCUT2D eigenvalue weighted by atomic mass is 9.92. The van der Waals surface area contributed by atoms with Gasteiger partial charge in [-0.15, -0.1) is 0 Å². The molecule has 9 heteroatoms. The van der Waals surface area contributed by atoms with E-state index in [1.165, 1.54) is 6.07 Å². The highest BCUT2D eigenvalue weighted by Crippen LogP contribution is 2.46. The molecule has 0 aliphatic carbocycles. The molecule has 1 aromatic rings. The van der Waals surface area contributed by atoms with E-state index in [0.29, 0.717) is 0 Å². The Labute approximate surface area is 114 Å². The SMILES string of the molecule is NC(c1cc(Cl)ccc1Cl)C(C(F)(F)F)C(F)(F)F. The minimum atomic E-state index is -5.54. The highest BCUT2D eigenvalue weighted by atomic mass is 35.5. The number of halogens is 8. The third-order valence-electron chi connectivity index (χ3n) is 2.38. The summed E-state index contributed by atoms with van der Waals surface area (Å²) in [5.41, 5.74) is 4.59. The summed E-state index contributed by atoms with van der Waals surface area (Å²) in [5.74, 6) is -3.71. The summed E-state index contributed by atoms with van der Waals surface area (Å²) in [7, 11) is 0. The van der Waals surface area contributed by atoms with Crippen LogP contribution >= 0.6 is 23.2 Å². The minimum Gasteiger partial charge on any atom is -0.323 e. The van der Waals surface area contributed by atoms with Crippen LogP contribution in [-0.2, 0) is 0 Å². The van der Waals surface area contributed by atoms with E-state index in [0.717, 1.165) is 12.1 Å². The monoisotopic (exact) mass is 325 g/mol. The Morgan fingerprint density at radius 3 is 1.84 bits per heavy atom. The predicted octanol–water partition coefficient (Wildman–Crippen LogP) is 4.73. The van der Waals surface area contributed by atoms with Gasteiger partial charge in [0.15, 0.2) is 5.92 Å². The highest BCUT2D eigenvalue weighted by molar-refractivity contribution is 6.33. The van der Waals surface area contributed by atoms with Crippen LogP contribution in [0, 0.1) is 5.92 Å². The van der Waals surface area contributed by atoms with E-state index in [2.05, 4.69) is 0 Å². The van der Waals surface area contributed by atoms with Gasteiger partial charge in [0.2, 0.25) is 0 Å². The maximum absolute atomic E-state index is 12.5. The van der Waals surface area contributed by atoms with Crippen LogP contribution < -0.4 is 5.73 Å². The minimum absolute atomic E-state index is 0.0575. The van der Waals surface area contributed by atoms with Gasteiger partial charge in [-0.2, -0.15) is 26.3 Å². The van der Waals surface area contributed by atoms with Gasteiger partial charge in [0.25, 0.3) is 0 Å². The molecule has 0 bridgehead atoms. The number of rotatable bonds is 2. The van der Waals surface area contributed by atoms with Crippen LogP contribution in [0.5, 0.6) is 0 Å². The molecule has 0 saturated heterocycles. The van der Waals surface area contributed by atoms with Gasteiger partial charge >= 0.3 is 12.4 Å². The smallest absolute Gasteiger partial charge is 0.323 e. The normalized spacial score (nSPS) is 14.8. The molecule has 1 aromatic carbocycles. The fraction of sp³-hybridized carbons (Fsp3) is 0.400. The first-order valence-corrected chi connectivity index (χ1v) is 5.54. The molecule has 1 rings (SSSR count). The Hall–Kier alpha value is -0.660. The second-order valence-electron chi connectivity index (χ2n) is 3.75. The van der Waals surface area contributed by atoms with Gasteiger partial charge in [-0.3, -0.25) is 0 Å². The van der Waals surface area contributed by atoms with E-state index < -0.39 is 29.9 Å². The van der Waals surface area contributed by atoms with Crippen LogP contribution in [0.25, 0.3) is 0 Å². The number of hydrogen-bond acceptors (Lipinski definition) is 1. The van der Waals surface area contributed by atoms with E-state index in [1.807, 2.05) is 0 Å². The van der Waals surface area contributed by atoms with Crippen molar-refractivity contribution in [3.8, 4) is 0 Å². The van der Waals surface area contributed by atoms with Crippen LogP contribution in [0.15, 0.2) is 18.2 Å². The lowest BCUT2D eigenvalue weighted by Gasteiger charge is -2.28. The largest absolute Gasteiger partial charge is 0.402 e. The molecule has 0 aliphatic heterocycles. The maximum atomic E-state index is 12.5. The number of alkyl halides is 6. The van der Waals surface area contributed by atoms with Gasteiger partial charge in [0, 0.05) is 10.0 Å². The molecular weight excluding hydrogens is 319 g/mol. The zero-order chi connectivity index (χ0) is 15.0. The fourth-order valence-electron chi connectivity index (χ4n) is 1.54. The molecular formula is C10H7Cl2F6N. The second kappa shape index (κ2) is 5.38. The van der Waals surface area contributed by atoms with Gasteiger partial charge in [0.1, 0.15) is 0 Å². The molecule has 19 heavy (non-hydrogen) atoms. The molecule has 0 aliphatic rings. The third kappa shape index (κ3) is 3.90. The quantitative estimate of drug-likeness (QED) is 0.781. The van der Waals surface area contributed by atoms with Crippen LogP contribution in [-0.4, -0.2) is 12.4 Å². The van der Waals surface area contributed by atoms with Crippen molar-refractivity contribution in [3.63, 3.8) is 0 Å². The lowest BCUT2D eigenvalue weighted by molar-refractivity contribution is -0.290. The van der Waals surface area contributed by atoms with E-state index >= 15 is 0 Å². The van der Waals surface area contributed by atoms with Crippen molar-refractivity contribution >= 4 is 23.2 Å². The molecule has 0 spiro atoms. The first kappa shape index (κ1) is 16.4. The molecule has 0 fully saturated rings. The average molecular weight is 326 g/mol. The fourth-order valence-corrected chi connectivity index (χ4v) is 1.97. The van der Waals surface area contributed by atoms with Gasteiger partial charge in [-0.05, 0) is 23.8 Å². The standard InChI is InChI=1S/C10H7Cl2F6N/c11-4-1-2-6(12)5(3-4)7(19)8(9(13,14)15)10(16,17)18/h1-3,7-8H,19H2. The Morgan fingerprint density at radius 2 is 1.42 bits per heavy atom. The molecule has 108 valence electrons. The summed E-state index contributed by atoms with van der Waals surface area (Å²) in [5, 5.41) is -0.367. The van der Waals surface area contributed by atoms with E-state index in [4.69, 9.17) is 28.9 Å². The average Bonchev–Trinajstić information content (AvgIpc) is 2.17. The molecule has 1 atom stereocenters. The predicted molar refractivity (Wildman–Crippen MR) is 59.0 cm³/mol. The van der Waals surface area contributed by atoms with Gasteiger partial charge in [-0.1, -0.05) is 23.2 Å². The van der Waals surface area contributed by atoms with E-state index in [1.54, 1.807) is 0 Å². The van der Waals surface area contributed by atoms with Crippen molar-refractivity contribution < 1.29 is 26.3 Å². The Bertz CT molecular complexity index is 442. The number of nitrogens with two attached hydrogens (primary N) is 1. The van der Waals surface area contributed by atoms with Crippen LogP contribution in [0.4, 0.5) is 26.3 Å². The van der Waals surface area contributed by atoms with Crippen LogP contribution in [0.1, 0.15) is 11.6 Å². The van der Waals surface area contributed by atoms with Gasteiger partial charge in [0.05, 0.1) is 6.04 Å². The summed E-state index contributed by atoms with van der Waals surface area (Å²) >= 11 is 11.1. The van der Waals surface area contributed by atoms with Crippen LogP contribution in [0.2, 0.25) is 10.0 Å². The summed E-state index contributed by atoms with van der Waals surface area (Å²) in [6.07, 6.45) is -11.1. The van der Waals surface area contributed by atoms with Crippen LogP contribution in [0.3, 0.4) is 0 Å². The maximum Gasteiger partial charge on any atom is 0.402 e. The first-order chi connectivity index (χ1) is 8.44. The zero-order valence-electron chi connectivity index (χ0n) is 8.99. The van der Waals surface area contributed by atoms with Gasteiger partial charge < -0.3 is 5.73 Å². The number of hydrogen-bond donors (Lipinski definition) is 1. The highest BCUT2D eigenvalue weighted by Gasteiger charge is 2.59. The van der Waals surface area contributed by atoms with Gasteiger partial charge in [-0.25, -0.2) is 0 Å². The van der Waals surface area contributed by atoms with Crippen molar-refractivity contribution in [2.24, 2.45) is 11.7 Å². The molecule has 0 saturated carbocycles. The van der Waals surface area contributed by atoms with Crippen molar-refractivity contribution in [2.75, 3.05) is 0 Å². The topological polar surface area (TPSA) is 26.0 Å². The Morgan fingerprint density at radius 1 is 0.947 bits per heavy atom. The van der Waals surface area contributed by atoms with Crippen molar-refractivity contribution in [3.05, 3.63) is 33.8 Å². The molecule has 0 aromatic heterocycles. The number of benzene rings is 1. The molecule has 1 nitrogen and oxygen atoms in total. The summed E-state index contributed by atoms with van der Waals surface area (Å²) in [4.78, 5) is 0. The third-order valence-corrected chi connectivity index (χ3v) is 2.96. The molecule has 2 N–H and O–H groups in total.